The molecule has 0 atom stereocenters. The molecular formula is C21H20F3N5. The lowest BCUT2D eigenvalue weighted by molar-refractivity contribution is -0.141. The molecule has 1 aliphatic heterocycles. The van der Waals surface area contributed by atoms with Crippen LogP contribution in [0.2, 0.25) is 0 Å². The Kier molecular flexibility index (Phi) is 5.44. The second-order valence-corrected chi connectivity index (χ2v) is 7.00. The van der Waals surface area contributed by atoms with Crippen molar-refractivity contribution >= 4 is 5.82 Å². The Labute approximate surface area is 166 Å². The summed E-state index contributed by atoms with van der Waals surface area (Å²) in [6.07, 6.45) is -0.828. The maximum Gasteiger partial charge on any atom is 0.433 e. The van der Waals surface area contributed by atoms with Crippen LogP contribution in [0.4, 0.5) is 19.0 Å². The van der Waals surface area contributed by atoms with Gasteiger partial charge in [-0.15, -0.1) is 0 Å². The fraction of sp³-hybridized carbons (Fsp3) is 0.286. The average molecular weight is 399 g/mol. The van der Waals surface area contributed by atoms with E-state index in [1.165, 1.54) is 24.2 Å². The maximum absolute atomic E-state index is 12.7. The van der Waals surface area contributed by atoms with Crippen molar-refractivity contribution in [2.24, 2.45) is 0 Å². The standard InChI is InChI=1S/C21H20F3N5/c22-21(23,24)19-7-6-16(10-25-19)11-26-20-17-13-29(9-8-18(17)27-14-28-20)12-15-4-2-1-3-5-15/h1-7,10,14H,8-9,11-13H2,(H,26,27,28). The van der Waals surface area contributed by atoms with Crippen molar-refractivity contribution in [3.8, 4) is 0 Å². The molecule has 0 unspecified atom stereocenters. The summed E-state index contributed by atoms with van der Waals surface area (Å²) in [6.45, 7) is 2.82. The number of hydrogen-bond acceptors (Lipinski definition) is 5. The molecule has 3 aromatic rings. The molecule has 0 bridgehead atoms. The van der Waals surface area contributed by atoms with Gasteiger partial charge in [-0.05, 0) is 17.2 Å². The van der Waals surface area contributed by atoms with Crippen LogP contribution in [0.5, 0.6) is 0 Å². The SMILES string of the molecule is FC(F)(F)c1ccc(CNc2ncnc3c2CN(Cc2ccccc2)CC3)cn1. The molecule has 29 heavy (non-hydrogen) atoms. The molecular weight excluding hydrogens is 379 g/mol. The number of rotatable bonds is 5. The van der Waals surface area contributed by atoms with Crippen molar-refractivity contribution < 1.29 is 13.2 Å². The minimum Gasteiger partial charge on any atom is -0.366 e. The van der Waals surface area contributed by atoms with Gasteiger partial charge in [0.05, 0.1) is 5.69 Å². The topological polar surface area (TPSA) is 53.9 Å². The van der Waals surface area contributed by atoms with E-state index in [1.807, 2.05) is 18.2 Å². The number of hydrogen-bond donors (Lipinski definition) is 1. The molecule has 5 nitrogen and oxygen atoms in total. The van der Waals surface area contributed by atoms with Crippen molar-refractivity contribution in [3.63, 3.8) is 0 Å². The summed E-state index contributed by atoms with van der Waals surface area (Å²) in [5.41, 5.74) is 3.06. The first-order valence-electron chi connectivity index (χ1n) is 9.34. The zero-order valence-corrected chi connectivity index (χ0v) is 15.7. The lowest BCUT2D eigenvalue weighted by atomic mass is 10.0. The van der Waals surface area contributed by atoms with Crippen LogP contribution in [-0.4, -0.2) is 26.4 Å². The lowest BCUT2D eigenvalue weighted by Crippen LogP contribution is -2.31. The highest BCUT2D eigenvalue weighted by Gasteiger charge is 2.32. The van der Waals surface area contributed by atoms with Crippen LogP contribution in [0, 0.1) is 0 Å². The van der Waals surface area contributed by atoms with Crippen molar-refractivity contribution in [2.45, 2.75) is 32.2 Å². The Bertz CT molecular complexity index is 958. The Hall–Kier alpha value is -3.00. The van der Waals surface area contributed by atoms with Gasteiger partial charge in [0.1, 0.15) is 17.8 Å². The predicted octanol–water partition coefficient (Wildman–Crippen LogP) is 4.06. The van der Waals surface area contributed by atoms with Gasteiger partial charge in [-0.3, -0.25) is 9.88 Å². The van der Waals surface area contributed by atoms with E-state index in [2.05, 4.69) is 37.3 Å². The summed E-state index contributed by atoms with van der Waals surface area (Å²) >= 11 is 0. The first-order valence-corrected chi connectivity index (χ1v) is 9.34. The fourth-order valence-electron chi connectivity index (χ4n) is 3.41. The smallest absolute Gasteiger partial charge is 0.366 e. The maximum atomic E-state index is 12.7. The average Bonchev–Trinajstić information content (AvgIpc) is 2.73. The molecule has 1 aromatic carbocycles. The third-order valence-corrected chi connectivity index (χ3v) is 4.91. The molecule has 0 amide bonds. The van der Waals surface area contributed by atoms with Crippen LogP contribution >= 0.6 is 0 Å². The van der Waals surface area contributed by atoms with E-state index in [9.17, 15) is 13.2 Å². The summed E-state index contributed by atoms with van der Waals surface area (Å²) in [5, 5.41) is 3.23. The molecule has 0 fully saturated rings. The number of aromatic nitrogens is 3. The molecule has 8 heteroatoms. The van der Waals surface area contributed by atoms with E-state index in [4.69, 9.17) is 0 Å². The zero-order valence-electron chi connectivity index (χ0n) is 15.7. The number of benzene rings is 1. The highest BCUT2D eigenvalue weighted by molar-refractivity contribution is 5.47. The lowest BCUT2D eigenvalue weighted by Gasteiger charge is -2.29. The molecule has 0 saturated carbocycles. The fourth-order valence-corrected chi connectivity index (χ4v) is 3.41. The van der Waals surface area contributed by atoms with Crippen LogP contribution < -0.4 is 5.32 Å². The first-order chi connectivity index (χ1) is 14.0. The molecule has 1 N–H and O–H groups in total. The molecule has 0 saturated heterocycles. The van der Waals surface area contributed by atoms with Gasteiger partial charge in [-0.1, -0.05) is 36.4 Å². The minimum absolute atomic E-state index is 0.341. The second-order valence-electron chi connectivity index (χ2n) is 7.00. The number of anilines is 1. The van der Waals surface area contributed by atoms with Gasteiger partial charge in [0.2, 0.25) is 0 Å². The summed E-state index contributed by atoms with van der Waals surface area (Å²) in [7, 11) is 0. The number of alkyl halides is 3. The van der Waals surface area contributed by atoms with E-state index in [0.717, 1.165) is 43.4 Å². The van der Waals surface area contributed by atoms with Crippen molar-refractivity contribution in [2.75, 3.05) is 11.9 Å². The third kappa shape index (κ3) is 4.71. The van der Waals surface area contributed by atoms with Gasteiger partial charge in [-0.25, -0.2) is 9.97 Å². The number of fused-ring (bicyclic) bond motifs is 1. The van der Waals surface area contributed by atoms with Gasteiger partial charge < -0.3 is 5.32 Å². The van der Waals surface area contributed by atoms with Gasteiger partial charge in [0.15, 0.2) is 0 Å². The molecule has 1 aliphatic rings. The summed E-state index contributed by atoms with van der Waals surface area (Å²) in [6, 6.07) is 12.7. The van der Waals surface area contributed by atoms with Crippen molar-refractivity contribution in [1.29, 1.82) is 0 Å². The highest BCUT2D eigenvalue weighted by atomic mass is 19.4. The molecule has 150 valence electrons. The van der Waals surface area contributed by atoms with E-state index in [-0.39, 0.29) is 0 Å². The predicted molar refractivity (Wildman–Crippen MR) is 103 cm³/mol. The van der Waals surface area contributed by atoms with E-state index in [1.54, 1.807) is 0 Å². The molecule has 4 rings (SSSR count). The van der Waals surface area contributed by atoms with E-state index in [0.29, 0.717) is 17.9 Å². The molecule has 0 aliphatic carbocycles. The molecule has 3 heterocycles. The Balaban J connectivity index is 1.44. The quantitative estimate of drug-likeness (QED) is 0.701. The summed E-state index contributed by atoms with van der Waals surface area (Å²) < 4.78 is 38.0. The monoisotopic (exact) mass is 399 g/mol. The summed E-state index contributed by atoms with van der Waals surface area (Å²) in [5.74, 6) is 0.715. The number of halogens is 3. The van der Waals surface area contributed by atoms with E-state index >= 15 is 0 Å². The minimum atomic E-state index is -4.43. The normalized spacial score (nSPS) is 14.4. The molecule has 2 aromatic heterocycles. The van der Waals surface area contributed by atoms with Crippen LogP contribution in [0.15, 0.2) is 55.0 Å². The van der Waals surface area contributed by atoms with Crippen LogP contribution in [0.25, 0.3) is 0 Å². The Morgan fingerprint density at radius 3 is 2.52 bits per heavy atom. The zero-order chi connectivity index (χ0) is 20.3. The Morgan fingerprint density at radius 1 is 0.966 bits per heavy atom. The van der Waals surface area contributed by atoms with Gasteiger partial charge in [0.25, 0.3) is 0 Å². The van der Waals surface area contributed by atoms with Gasteiger partial charge >= 0.3 is 6.18 Å². The van der Waals surface area contributed by atoms with Crippen molar-refractivity contribution in [3.05, 3.63) is 83.1 Å². The number of nitrogens with one attached hydrogen (secondary N) is 1. The van der Waals surface area contributed by atoms with Gasteiger partial charge in [0, 0.05) is 44.4 Å². The van der Waals surface area contributed by atoms with Crippen LogP contribution in [-0.2, 0) is 32.2 Å². The summed E-state index contributed by atoms with van der Waals surface area (Å²) in [4.78, 5) is 14.6. The number of pyridine rings is 1. The first kappa shape index (κ1) is 19.3. The number of nitrogens with zero attached hydrogens (tertiary/aromatic N) is 4. The highest BCUT2D eigenvalue weighted by Crippen LogP contribution is 2.28. The molecule has 0 spiro atoms. The van der Waals surface area contributed by atoms with Crippen molar-refractivity contribution in [1.82, 2.24) is 19.9 Å². The molecule has 0 radical (unpaired) electrons. The second kappa shape index (κ2) is 8.16. The largest absolute Gasteiger partial charge is 0.433 e. The van der Waals surface area contributed by atoms with Crippen LogP contribution in [0.3, 0.4) is 0 Å². The Morgan fingerprint density at radius 2 is 1.79 bits per heavy atom. The van der Waals surface area contributed by atoms with E-state index < -0.39 is 11.9 Å². The third-order valence-electron chi connectivity index (χ3n) is 4.91. The van der Waals surface area contributed by atoms with Crippen LogP contribution in [0.1, 0.15) is 28.1 Å². The van der Waals surface area contributed by atoms with Gasteiger partial charge in [-0.2, -0.15) is 13.2 Å².